The molecule has 0 bridgehead atoms. The summed E-state index contributed by atoms with van der Waals surface area (Å²) in [4.78, 5) is 0. The van der Waals surface area contributed by atoms with Crippen LogP contribution in [-0.4, -0.2) is 50.2 Å². The van der Waals surface area contributed by atoms with Crippen molar-refractivity contribution in [1.29, 1.82) is 0 Å². The Morgan fingerprint density at radius 1 is 1.33 bits per heavy atom. The van der Waals surface area contributed by atoms with E-state index in [0.29, 0.717) is 0 Å². The molecule has 3 heteroatoms. The van der Waals surface area contributed by atoms with Crippen LogP contribution in [0, 0.1) is 0 Å². The van der Waals surface area contributed by atoms with Crippen molar-refractivity contribution < 1.29 is 0 Å². The summed E-state index contributed by atoms with van der Waals surface area (Å²) in [5.41, 5.74) is 0. The Hall–Kier alpha value is 0.640. The molecule has 70 valence electrons. The zero-order chi connectivity index (χ0) is 9.78. The van der Waals surface area contributed by atoms with Gasteiger partial charge in [-0.2, -0.15) is 0 Å². The zero-order valence-corrected chi connectivity index (χ0v) is 11.3. The molecule has 0 nitrogen and oxygen atoms in total. The van der Waals surface area contributed by atoms with Crippen molar-refractivity contribution in [2.24, 2.45) is 0 Å². The number of hydrogen-bond acceptors (Lipinski definition) is 0. The maximum Gasteiger partial charge on any atom is 0.252 e. The van der Waals surface area contributed by atoms with Crippen molar-refractivity contribution in [3.05, 3.63) is 0 Å². The molecular weight excluding hydrogens is 201 g/mol. The van der Waals surface area contributed by atoms with Crippen LogP contribution in [0.15, 0.2) is 0 Å². The zero-order valence-electron chi connectivity index (χ0n) is 8.58. The van der Waals surface area contributed by atoms with Crippen molar-refractivity contribution in [1.82, 2.24) is 0 Å². The minimum absolute atomic E-state index is 0.00843. The highest BCUT2D eigenvalue weighted by atomic mass is 31.2. The Morgan fingerprint density at radius 3 is 2.17 bits per heavy atom. The van der Waals surface area contributed by atoms with Gasteiger partial charge >= 0.3 is 0 Å². The van der Waals surface area contributed by atoms with E-state index in [2.05, 4.69) is 39.2 Å². The summed E-state index contributed by atoms with van der Waals surface area (Å²) >= 11 is 0. The van der Waals surface area contributed by atoms with Crippen LogP contribution in [0.25, 0.3) is 0 Å². The summed E-state index contributed by atoms with van der Waals surface area (Å²) in [6.07, 6.45) is 13.9. The van der Waals surface area contributed by atoms with Crippen molar-refractivity contribution in [2.75, 3.05) is 31.3 Å². The van der Waals surface area contributed by atoms with Crippen molar-refractivity contribution in [2.45, 2.75) is 6.92 Å². The third kappa shape index (κ3) is 6.19. The monoisotopic (exact) mass is 222 g/mol. The second-order valence-electron chi connectivity index (χ2n) is 3.75. The Labute approximate surface area is 79.5 Å². The first kappa shape index (κ1) is 12.6. The quantitative estimate of drug-likeness (QED) is 0.625. The van der Waals surface area contributed by atoms with Crippen LogP contribution in [0.2, 0.25) is 0 Å². The SMILES string of the molecule is C=[P+](C)C[P+](=C)CP(=C)(C)CC. The Kier molecular flexibility index (Phi) is 5.67. The molecule has 3 unspecified atom stereocenters. The van der Waals surface area contributed by atoms with Gasteiger partial charge in [0, 0.05) is 0 Å². The lowest BCUT2D eigenvalue weighted by Gasteiger charge is -2.10. The van der Waals surface area contributed by atoms with Crippen LogP contribution in [0.3, 0.4) is 0 Å². The van der Waals surface area contributed by atoms with Crippen molar-refractivity contribution in [3.8, 4) is 0 Å². The lowest BCUT2D eigenvalue weighted by atomic mass is 11.0. The van der Waals surface area contributed by atoms with Gasteiger partial charge in [0.05, 0.1) is 19.3 Å². The molecule has 0 saturated carbocycles. The van der Waals surface area contributed by atoms with E-state index >= 15 is 0 Å². The molecule has 0 saturated heterocycles. The van der Waals surface area contributed by atoms with Crippen LogP contribution in [-0.2, 0) is 0 Å². The molecule has 0 N–H and O–H groups in total. The maximum atomic E-state index is 4.31. The number of hydrogen-bond donors (Lipinski definition) is 0. The Balaban J connectivity index is 4.01. The van der Waals surface area contributed by atoms with Gasteiger partial charge in [0.25, 0.3) is 5.90 Å². The lowest BCUT2D eigenvalue weighted by molar-refractivity contribution is 1.49. The molecule has 0 aliphatic rings. The highest BCUT2D eigenvalue weighted by Gasteiger charge is 2.18. The second kappa shape index (κ2) is 5.39. The van der Waals surface area contributed by atoms with Gasteiger partial charge in [-0.05, 0) is 12.8 Å². The smallest absolute Gasteiger partial charge is 0.0971 e. The van der Waals surface area contributed by atoms with Gasteiger partial charge < -0.3 is 0 Å². The summed E-state index contributed by atoms with van der Waals surface area (Å²) in [5, 5.41) is 0. The third-order valence-corrected chi connectivity index (χ3v) is 11.1. The summed E-state index contributed by atoms with van der Waals surface area (Å²) in [6, 6.07) is 0. The van der Waals surface area contributed by atoms with Gasteiger partial charge in [-0.25, -0.2) is 0 Å². The fourth-order valence-electron chi connectivity index (χ4n) is 0.969. The maximum absolute atomic E-state index is 4.31. The van der Waals surface area contributed by atoms with Gasteiger partial charge in [-0.1, -0.05) is 20.1 Å². The van der Waals surface area contributed by atoms with Gasteiger partial charge in [0.15, 0.2) is 0 Å². The largest absolute Gasteiger partial charge is 0.252 e. The molecule has 0 fully saturated rings. The fraction of sp³-hybridized carbons (Fsp3) is 0.667. The van der Waals surface area contributed by atoms with Crippen molar-refractivity contribution >= 4 is 40.9 Å². The van der Waals surface area contributed by atoms with E-state index in [9.17, 15) is 0 Å². The minimum atomic E-state index is -0.837. The second-order valence-corrected chi connectivity index (χ2v) is 12.9. The first-order chi connectivity index (χ1) is 5.37. The van der Waals surface area contributed by atoms with Crippen LogP contribution in [0.1, 0.15) is 6.92 Å². The molecule has 0 aromatic carbocycles. The average Bonchev–Trinajstić information content (AvgIpc) is 1.84. The third-order valence-electron chi connectivity index (χ3n) is 1.75. The first-order valence-electron chi connectivity index (χ1n) is 4.13. The molecule has 0 spiro atoms. The van der Waals surface area contributed by atoms with Gasteiger partial charge in [0.2, 0.25) is 0 Å². The number of rotatable bonds is 5. The molecule has 0 amide bonds. The molecule has 0 rings (SSSR count). The van der Waals surface area contributed by atoms with Crippen LogP contribution in [0.4, 0.5) is 0 Å². The molecule has 3 atom stereocenters. The highest BCUT2D eigenvalue weighted by Crippen LogP contribution is 2.50. The topological polar surface area (TPSA) is 0 Å². The summed E-state index contributed by atoms with van der Waals surface area (Å²) in [6.45, 7) is 5.99. The minimum Gasteiger partial charge on any atom is -0.0971 e. The van der Waals surface area contributed by atoms with Gasteiger partial charge in [-0.15, -0.1) is 0 Å². The molecule has 0 aromatic rings. The molecule has 0 heterocycles. The van der Waals surface area contributed by atoms with E-state index < -0.39 is 6.89 Å². The van der Waals surface area contributed by atoms with Gasteiger partial charge in [-0.3, -0.25) is 0 Å². The van der Waals surface area contributed by atoms with E-state index in [1.54, 1.807) is 0 Å². The lowest BCUT2D eigenvalue weighted by Crippen LogP contribution is -1.87. The van der Waals surface area contributed by atoms with Crippen molar-refractivity contribution in [3.63, 3.8) is 0 Å². The fourth-order valence-corrected chi connectivity index (χ4v) is 9.53. The molecule has 0 radical (unpaired) electrons. The van der Waals surface area contributed by atoms with E-state index in [-0.39, 0.29) is 15.1 Å². The molecule has 12 heavy (non-hydrogen) atoms. The Morgan fingerprint density at radius 2 is 1.83 bits per heavy atom. The summed E-state index contributed by atoms with van der Waals surface area (Å²) in [5.74, 6) is 2.58. The Bertz CT molecular complexity index is 228. The summed E-state index contributed by atoms with van der Waals surface area (Å²) < 4.78 is 0. The predicted molar refractivity (Wildman–Crippen MR) is 74.2 cm³/mol. The normalized spacial score (nSPS) is 18.2. The van der Waals surface area contributed by atoms with Crippen LogP contribution < -0.4 is 0 Å². The standard InChI is InChI=1S/C9H21P3/c1-7-12(5,6)9-11(4)8-10(2)3/h2,4-5,7-9H2,1,3,6H3/q+2. The van der Waals surface area contributed by atoms with E-state index in [1.807, 2.05) is 0 Å². The molecule has 0 aliphatic heterocycles. The van der Waals surface area contributed by atoms with E-state index in [0.717, 1.165) is 0 Å². The highest BCUT2D eigenvalue weighted by molar-refractivity contribution is 7.85. The predicted octanol–water partition coefficient (Wildman–Crippen LogP) is 3.46. The van der Waals surface area contributed by atoms with E-state index in [1.165, 1.54) is 18.0 Å². The first-order valence-corrected chi connectivity index (χ1v) is 11.0. The average molecular weight is 222 g/mol. The summed E-state index contributed by atoms with van der Waals surface area (Å²) in [7, 11) is -0.00224. The molecule has 0 aromatic heterocycles. The van der Waals surface area contributed by atoms with Crippen LogP contribution >= 0.6 is 22.0 Å². The van der Waals surface area contributed by atoms with E-state index in [4.69, 9.17) is 0 Å². The van der Waals surface area contributed by atoms with Gasteiger partial charge in [0.1, 0.15) is 21.0 Å². The molecule has 0 aliphatic carbocycles. The van der Waals surface area contributed by atoms with Crippen LogP contribution in [0.5, 0.6) is 0 Å². The molecular formula is C9H21P3+2.